The molecular formula is C19H42N4O3. The summed E-state index contributed by atoms with van der Waals surface area (Å²) in [6.45, 7) is 13.6. The van der Waals surface area contributed by atoms with Gasteiger partial charge in [0.1, 0.15) is 0 Å². The van der Waals surface area contributed by atoms with Gasteiger partial charge in [0.05, 0.1) is 39.1 Å². The number of hydrogen-bond donors (Lipinski definition) is 0. The smallest absolute Gasteiger partial charge is 0.0645 e. The molecule has 0 aromatic rings. The van der Waals surface area contributed by atoms with Crippen molar-refractivity contribution in [1.82, 2.24) is 19.6 Å². The van der Waals surface area contributed by atoms with E-state index >= 15 is 0 Å². The molecule has 0 amide bonds. The molecule has 3 fully saturated rings. The van der Waals surface area contributed by atoms with Gasteiger partial charge in [-0.1, -0.05) is 6.92 Å². The predicted molar refractivity (Wildman–Crippen MR) is 107 cm³/mol. The molecule has 3 saturated heterocycles. The van der Waals surface area contributed by atoms with Crippen LogP contribution in [-0.2, 0) is 14.2 Å². The van der Waals surface area contributed by atoms with Gasteiger partial charge in [-0.3, -0.25) is 9.80 Å². The minimum absolute atomic E-state index is 0.564. The molecule has 1 atom stereocenters. The molecular weight excluding hydrogens is 332 g/mol. The Kier molecular flexibility index (Phi) is 12.6. The Hall–Kier alpha value is -0.280. The SMILES string of the molecule is CCN1CCN(C2COC2)CC1COC.CN(C)C.CN1CCOCC1. The summed E-state index contributed by atoms with van der Waals surface area (Å²) in [6.07, 6.45) is 0. The highest BCUT2D eigenvalue weighted by molar-refractivity contribution is 4.87. The summed E-state index contributed by atoms with van der Waals surface area (Å²) >= 11 is 0. The first kappa shape index (κ1) is 23.8. The lowest BCUT2D eigenvalue weighted by molar-refractivity contribution is -0.0912. The van der Waals surface area contributed by atoms with Crippen LogP contribution in [0.5, 0.6) is 0 Å². The van der Waals surface area contributed by atoms with Gasteiger partial charge in [0.2, 0.25) is 0 Å². The first-order valence-electron chi connectivity index (χ1n) is 9.89. The molecule has 0 bridgehead atoms. The topological polar surface area (TPSA) is 40.7 Å². The molecule has 7 heteroatoms. The fourth-order valence-corrected chi connectivity index (χ4v) is 3.10. The van der Waals surface area contributed by atoms with E-state index in [1.807, 2.05) is 26.0 Å². The van der Waals surface area contributed by atoms with Gasteiger partial charge < -0.3 is 24.0 Å². The van der Waals surface area contributed by atoms with Crippen LogP contribution >= 0.6 is 0 Å². The fourth-order valence-electron chi connectivity index (χ4n) is 3.10. The second-order valence-corrected chi connectivity index (χ2v) is 7.68. The zero-order chi connectivity index (χ0) is 19.4. The van der Waals surface area contributed by atoms with Crippen LogP contribution in [0.2, 0.25) is 0 Å². The van der Waals surface area contributed by atoms with Crippen LogP contribution in [0, 0.1) is 0 Å². The Morgan fingerprint density at radius 1 is 1.00 bits per heavy atom. The minimum Gasteiger partial charge on any atom is -0.383 e. The maximum absolute atomic E-state index is 5.29. The van der Waals surface area contributed by atoms with Crippen LogP contribution in [0.3, 0.4) is 0 Å². The Morgan fingerprint density at radius 2 is 1.62 bits per heavy atom. The van der Waals surface area contributed by atoms with Crippen molar-refractivity contribution in [2.75, 3.05) is 108 Å². The highest BCUT2D eigenvalue weighted by atomic mass is 16.5. The van der Waals surface area contributed by atoms with Gasteiger partial charge in [-0.25, -0.2) is 0 Å². The molecule has 0 spiro atoms. The van der Waals surface area contributed by atoms with E-state index in [9.17, 15) is 0 Å². The highest BCUT2D eigenvalue weighted by Gasteiger charge is 2.33. The average molecular weight is 375 g/mol. The van der Waals surface area contributed by atoms with E-state index in [1.165, 1.54) is 13.1 Å². The largest absolute Gasteiger partial charge is 0.383 e. The highest BCUT2D eigenvalue weighted by Crippen LogP contribution is 2.17. The molecule has 3 heterocycles. The first-order valence-corrected chi connectivity index (χ1v) is 9.89. The Bertz CT molecular complexity index is 334. The summed E-state index contributed by atoms with van der Waals surface area (Å²) in [4.78, 5) is 9.34. The summed E-state index contributed by atoms with van der Waals surface area (Å²) in [5, 5.41) is 0. The van der Waals surface area contributed by atoms with Crippen molar-refractivity contribution in [2.24, 2.45) is 0 Å². The number of piperazine rings is 1. The molecule has 7 nitrogen and oxygen atoms in total. The van der Waals surface area contributed by atoms with Crippen LogP contribution in [-0.4, -0.2) is 139 Å². The number of ether oxygens (including phenoxy) is 3. The Labute approximate surface area is 161 Å². The third-order valence-electron chi connectivity index (χ3n) is 4.77. The monoisotopic (exact) mass is 374 g/mol. The fraction of sp³-hybridized carbons (Fsp3) is 1.00. The summed E-state index contributed by atoms with van der Waals surface area (Å²) in [7, 11) is 9.90. The predicted octanol–water partition coefficient (Wildman–Crippen LogP) is 0.164. The van der Waals surface area contributed by atoms with Crippen molar-refractivity contribution < 1.29 is 14.2 Å². The third kappa shape index (κ3) is 9.60. The van der Waals surface area contributed by atoms with E-state index in [0.717, 1.165) is 59.2 Å². The summed E-state index contributed by atoms with van der Waals surface area (Å²) in [6, 6.07) is 1.23. The van der Waals surface area contributed by atoms with Crippen LogP contribution in [0.15, 0.2) is 0 Å². The minimum atomic E-state index is 0.564. The van der Waals surface area contributed by atoms with Crippen molar-refractivity contribution in [3.63, 3.8) is 0 Å². The van der Waals surface area contributed by atoms with Crippen LogP contribution in [0.4, 0.5) is 0 Å². The van der Waals surface area contributed by atoms with E-state index in [0.29, 0.717) is 12.1 Å². The lowest BCUT2D eigenvalue weighted by Gasteiger charge is -2.46. The molecule has 3 aliphatic rings. The van der Waals surface area contributed by atoms with E-state index in [4.69, 9.17) is 14.2 Å². The molecule has 0 aromatic carbocycles. The number of morpholine rings is 1. The summed E-state index contributed by atoms with van der Waals surface area (Å²) in [5.74, 6) is 0. The number of hydrogen-bond acceptors (Lipinski definition) is 7. The average Bonchev–Trinajstić information content (AvgIpc) is 2.55. The third-order valence-corrected chi connectivity index (χ3v) is 4.77. The van der Waals surface area contributed by atoms with E-state index < -0.39 is 0 Å². The quantitative estimate of drug-likeness (QED) is 0.694. The van der Waals surface area contributed by atoms with E-state index in [2.05, 4.69) is 28.7 Å². The van der Waals surface area contributed by atoms with Gasteiger partial charge in [0, 0.05) is 45.9 Å². The maximum atomic E-state index is 5.29. The molecule has 0 aromatic heterocycles. The standard InChI is InChI=1S/C11H22N2O2.C5H11NO.C3H9N/c1-3-12-4-5-13(11-8-15-9-11)6-10(12)7-14-2;1-6-2-4-7-5-3-6;1-4(2)3/h10-11H,3-9H2,1-2H3;2-5H2,1H3;1-3H3. The first-order chi connectivity index (χ1) is 12.5. The lowest BCUT2D eigenvalue weighted by atomic mass is 10.1. The van der Waals surface area contributed by atoms with Crippen LogP contribution < -0.4 is 0 Å². The second-order valence-electron chi connectivity index (χ2n) is 7.68. The Balaban J connectivity index is 0.000000255. The maximum Gasteiger partial charge on any atom is 0.0645 e. The van der Waals surface area contributed by atoms with Gasteiger partial charge in [-0.05, 0) is 34.7 Å². The Morgan fingerprint density at radius 3 is 2.00 bits per heavy atom. The summed E-state index contributed by atoms with van der Waals surface area (Å²) in [5.41, 5.74) is 0. The van der Waals surface area contributed by atoms with Gasteiger partial charge in [-0.2, -0.15) is 0 Å². The van der Waals surface area contributed by atoms with Crippen molar-refractivity contribution >= 4 is 0 Å². The zero-order valence-electron chi connectivity index (χ0n) is 17.9. The molecule has 26 heavy (non-hydrogen) atoms. The molecule has 0 saturated carbocycles. The number of methoxy groups -OCH3 is 1. The molecule has 0 aliphatic carbocycles. The van der Waals surface area contributed by atoms with Gasteiger partial charge in [-0.15, -0.1) is 0 Å². The van der Waals surface area contributed by atoms with Crippen molar-refractivity contribution in [1.29, 1.82) is 0 Å². The number of rotatable bonds is 4. The lowest BCUT2D eigenvalue weighted by Crippen LogP contribution is -2.61. The zero-order valence-corrected chi connectivity index (χ0v) is 17.9. The number of nitrogens with zero attached hydrogens (tertiary/aromatic N) is 4. The van der Waals surface area contributed by atoms with Crippen molar-refractivity contribution in [3.05, 3.63) is 0 Å². The normalized spacial score (nSPS) is 25.7. The molecule has 0 N–H and O–H groups in total. The van der Waals surface area contributed by atoms with Gasteiger partial charge in [0.25, 0.3) is 0 Å². The molecule has 3 aliphatic heterocycles. The molecule has 156 valence electrons. The van der Waals surface area contributed by atoms with Crippen LogP contribution in [0.25, 0.3) is 0 Å². The molecule has 1 unspecified atom stereocenters. The molecule has 0 radical (unpaired) electrons. The molecule has 3 rings (SSSR count). The van der Waals surface area contributed by atoms with Crippen molar-refractivity contribution in [3.8, 4) is 0 Å². The number of likely N-dealkylation sites (N-methyl/N-ethyl adjacent to an activating group) is 2. The summed E-state index contributed by atoms with van der Waals surface area (Å²) < 4.78 is 15.6. The van der Waals surface area contributed by atoms with Crippen LogP contribution in [0.1, 0.15) is 6.92 Å². The van der Waals surface area contributed by atoms with Gasteiger partial charge >= 0.3 is 0 Å². The van der Waals surface area contributed by atoms with Crippen molar-refractivity contribution in [2.45, 2.75) is 19.0 Å². The van der Waals surface area contributed by atoms with Gasteiger partial charge in [0.15, 0.2) is 0 Å². The second kappa shape index (κ2) is 13.8. The van der Waals surface area contributed by atoms with E-state index in [-0.39, 0.29) is 0 Å². The van der Waals surface area contributed by atoms with E-state index in [1.54, 1.807) is 7.11 Å².